The SMILES string of the molecule is CNCCN(Cc1cnc(C)s1)CC(F)(F)F. The van der Waals surface area contributed by atoms with E-state index in [9.17, 15) is 13.2 Å². The maximum Gasteiger partial charge on any atom is 0.401 e. The summed E-state index contributed by atoms with van der Waals surface area (Å²) < 4.78 is 37.1. The van der Waals surface area contributed by atoms with Gasteiger partial charge in [0.1, 0.15) is 0 Å². The summed E-state index contributed by atoms with van der Waals surface area (Å²) in [5.74, 6) is 0. The summed E-state index contributed by atoms with van der Waals surface area (Å²) in [4.78, 5) is 6.28. The molecular weight excluding hydrogens is 251 g/mol. The topological polar surface area (TPSA) is 28.2 Å². The van der Waals surface area contributed by atoms with Crippen molar-refractivity contribution in [2.45, 2.75) is 19.6 Å². The van der Waals surface area contributed by atoms with E-state index in [4.69, 9.17) is 0 Å². The Kier molecular flexibility index (Phi) is 5.35. The van der Waals surface area contributed by atoms with E-state index in [1.165, 1.54) is 16.2 Å². The largest absolute Gasteiger partial charge is 0.401 e. The quantitative estimate of drug-likeness (QED) is 0.855. The Labute approximate surface area is 103 Å². The van der Waals surface area contributed by atoms with E-state index in [0.29, 0.717) is 19.6 Å². The number of rotatable bonds is 6. The zero-order valence-electron chi connectivity index (χ0n) is 9.84. The number of nitrogens with one attached hydrogen (secondary N) is 1. The van der Waals surface area contributed by atoms with Crippen molar-refractivity contribution in [1.82, 2.24) is 15.2 Å². The number of aromatic nitrogens is 1. The van der Waals surface area contributed by atoms with Crippen LogP contribution in [0, 0.1) is 6.92 Å². The number of hydrogen-bond acceptors (Lipinski definition) is 4. The van der Waals surface area contributed by atoms with Crippen LogP contribution in [0.25, 0.3) is 0 Å². The molecule has 0 aliphatic carbocycles. The molecule has 0 spiro atoms. The van der Waals surface area contributed by atoms with Crippen LogP contribution in [0.2, 0.25) is 0 Å². The van der Waals surface area contributed by atoms with Gasteiger partial charge in [0, 0.05) is 30.7 Å². The van der Waals surface area contributed by atoms with Gasteiger partial charge < -0.3 is 5.32 Å². The van der Waals surface area contributed by atoms with Crippen LogP contribution in [0.3, 0.4) is 0 Å². The third-order valence-corrected chi connectivity index (χ3v) is 3.03. The standard InChI is InChI=1S/C10H16F3N3S/c1-8-15-5-9(17-8)6-16(4-3-14-2)7-10(11,12)13/h5,14H,3-4,6-7H2,1-2H3. The summed E-state index contributed by atoms with van der Waals surface area (Å²) in [6.07, 6.45) is -2.52. The molecule has 0 amide bonds. The van der Waals surface area contributed by atoms with Gasteiger partial charge in [0.05, 0.1) is 11.6 Å². The van der Waals surface area contributed by atoms with Gasteiger partial charge >= 0.3 is 6.18 Å². The molecule has 0 saturated carbocycles. The smallest absolute Gasteiger partial charge is 0.318 e. The molecule has 0 aliphatic rings. The molecule has 1 aromatic rings. The summed E-state index contributed by atoms with van der Waals surface area (Å²) in [5.41, 5.74) is 0. The lowest BCUT2D eigenvalue weighted by Crippen LogP contribution is -2.37. The number of thiazole rings is 1. The molecular formula is C10H16F3N3S. The summed E-state index contributed by atoms with van der Waals surface area (Å²) in [5, 5.41) is 3.73. The van der Waals surface area contributed by atoms with Gasteiger partial charge in [0.2, 0.25) is 0 Å². The molecule has 7 heteroatoms. The van der Waals surface area contributed by atoms with E-state index in [-0.39, 0.29) is 0 Å². The van der Waals surface area contributed by atoms with Gasteiger partial charge in [-0.15, -0.1) is 11.3 Å². The van der Waals surface area contributed by atoms with Crippen molar-refractivity contribution in [3.8, 4) is 0 Å². The van der Waals surface area contributed by atoms with Crippen LogP contribution in [-0.4, -0.2) is 42.7 Å². The average Bonchev–Trinajstić information content (AvgIpc) is 2.58. The van der Waals surface area contributed by atoms with Crippen LogP contribution in [-0.2, 0) is 6.54 Å². The highest BCUT2D eigenvalue weighted by Crippen LogP contribution is 2.19. The number of alkyl halides is 3. The number of hydrogen-bond donors (Lipinski definition) is 1. The lowest BCUT2D eigenvalue weighted by Gasteiger charge is -2.22. The van der Waals surface area contributed by atoms with Crippen molar-refractivity contribution in [3.63, 3.8) is 0 Å². The van der Waals surface area contributed by atoms with Gasteiger partial charge in [0.15, 0.2) is 0 Å². The number of aryl methyl sites for hydroxylation is 1. The maximum absolute atomic E-state index is 12.4. The number of likely N-dealkylation sites (N-methyl/N-ethyl adjacent to an activating group) is 1. The van der Waals surface area contributed by atoms with Crippen molar-refractivity contribution in [2.75, 3.05) is 26.7 Å². The second-order valence-electron chi connectivity index (χ2n) is 3.77. The normalized spacial score (nSPS) is 12.4. The fourth-order valence-corrected chi connectivity index (χ4v) is 2.27. The fraction of sp³-hybridized carbons (Fsp3) is 0.700. The molecule has 17 heavy (non-hydrogen) atoms. The second kappa shape index (κ2) is 6.32. The number of nitrogens with zero attached hydrogens (tertiary/aromatic N) is 2. The van der Waals surface area contributed by atoms with Crippen molar-refractivity contribution >= 4 is 11.3 Å². The average molecular weight is 267 g/mol. The van der Waals surface area contributed by atoms with Crippen molar-refractivity contribution in [2.24, 2.45) is 0 Å². The maximum atomic E-state index is 12.4. The summed E-state index contributed by atoms with van der Waals surface area (Å²) >= 11 is 1.43. The van der Waals surface area contributed by atoms with E-state index < -0.39 is 12.7 Å². The molecule has 0 atom stereocenters. The molecule has 1 aromatic heterocycles. The summed E-state index contributed by atoms with van der Waals surface area (Å²) in [6.45, 7) is 2.16. The van der Waals surface area contributed by atoms with Gasteiger partial charge in [-0.2, -0.15) is 13.2 Å². The Hall–Kier alpha value is -0.660. The molecule has 0 aromatic carbocycles. The molecule has 0 bridgehead atoms. The van der Waals surface area contributed by atoms with Crippen LogP contribution in [0.1, 0.15) is 9.88 Å². The highest BCUT2D eigenvalue weighted by atomic mass is 32.1. The predicted molar refractivity (Wildman–Crippen MR) is 62.1 cm³/mol. The van der Waals surface area contributed by atoms with Gasteiger partial charge in [-0.1, -0.05) is 0 Å². The van der Waals surface area contributed by atoms with E-state index in [0.717, 1.165) is 9.88 Å². The second-order valence-corrected chi connectivity index (χ2v) is 5.09. The fourth-order valence-electron chi connectivity index (χ4n) is 1.44. The Morgan fingerprint density at radius 1 is 1.47 bits per heavy atom. The summed E-state index contributed by atoms with van der Waals surface area (Å²) in [7, 11) is 1.72. The van der Waals surface area contributed by atoms with Crippen LogP contribution < -0.4 is 5.32 Å². The zero-order valence-corrected chi connectivity index (χ0v) is 10.7. The lowest BCUT2D eigenvalue weighted by molar-refractivity contribution is -0.146. The minimum absolute atomic E-state index is 0.298. The Morgan fingerprint density at radius 2 is 2.18 bits per heavy atom. The molecule has 3 nitrogen and oxygen atoms in total. The minimum Gasteiger partial charge on any atom is -0.318 e. The van der Waals surface area contributed by atoms with Crippen LogP contribution in [0.4, 0.5) is 13.2 Å². The Balaban J connectivity index is 2.56. The molecule has 0 saturated heterocycles. The van der Waals surface area contributed by atoms with Crippen LogP contribution in [0.5, 0.6) is 0 Å². The summed E-state index contributed by atoms with van der Waals surface area (Å²) in [6, 6.07) is 0. The lowest BCUT2D eigenvalue weighted by atomic mass is 10.4. The molecule has 1 heterocycles. The number of halogens is 3. The highest BCUT2D eigenvalue weighted by Gasteiger charge is 2.30. The van der Waals surface area contributed by atoms with Crippen molar-refractivity contribution < 1.29 is 13.2 Å². The molecule has 1 rings (SSSR count). The van der Waals surface area contributed by atoms with Crippen molar-refractivity contribution in [1.29, 1.82) is 0 Å². The van der Waals surface area contributed by atoms with Crippen LogP contribution >= 0.6 is 11.3 Å². The molecule has 98 valence electrons. The van der Waals surface area contributed by atoms with Crippen LogP contribution in [0.15, 0.2) is 6.20 Å². The first-order valence-electron chi connectivity index (χ1n) is 5.26. The zero-order chi connectivity index (χ0) is 12.9. The van der Waals surface area contributed by atoms with E-state index in [1.807, 2.05) is 6.92 Å². The molecule has 1 N–H and O–H groups in total. The Bertz CT molecular complexity index is 338. The molecule has 0 aliphatic heterocycles. The Morgan fingerprint density at radius 3 is 2.65 bits per heavy atom. The minimum atomic E-state index is -4.16. The monoisotopic (exact) mass is 267 g/mol. The highest BCUT2D eigenvalue weighted by molar-refractivity contribution is 7.11. The van der Waals surface area contributed by atoms with Gasteiger partial charge in [-0.3, -0.25) is 4.90 Å². The molecule has 0 unspecified atom stereocenters. The van der Waals surface area contributed by atoms with E-state index in [1.54, 1.807) is 13.2 Å². The molecule has 0 fully saturated rings. The van der Waals surface area contributed by atoms with E-state index in [2.05, 4.69) is 10.3 Å². The predicted octanol–water partition coefficient (Wildman–Crippen LogP) is 2.04. The van der Waals surface area contributed by atoms with Gasteiger partial charge in [0.25, 0.3) is 0 Å². The third kappa shape index (κ3) is 5.99. The first-order chi connectivity index (χ1) is 7.90. The van der Waals surface area contributed by atoms with Crippen molar-refractivity contribution in [3.05, 3.63) is 16.1 Å². The molecule has 0 radical (unpaired) electrons. The van der Waals surface area contributed by atoms with E-state index >= 15 is 0 Å². The van der Waals surface area contributed by atoms with Gasteiger partial charge in [-0.05, 0) is 14.0 Å². The first-order valence-corrected chi connectivity index (χ1v) is 6.07. The third-order valence-electron chi connectivity index (χ3n) is 2.13. The first kappa shape index (κ1) is 14.4. The van der Waals surface area contributed by atoms with Gasteiger partial charge in [-0.25, -0.2) is 4.98 Å².